The van der Waals surface area contributed by atoms with E-state index in [2.05, 4.69) is 22.2 Å². The van der Waals surface area contributed by atoms with Gasteiger partial charge in [0, 0.05) is 17.5 Å². The summed E-state index contributed by atoms with van der Waals surface area (Å²) in [7, 11) is 0. The number of nitrogens with one attached hydrogen (secondary N) is 1. The van der Waals surface area contributed by atoms with E-state index >= 15 is 0 Å². The number of rotatable bonds is 4. The second-order valence-electron chi connectivity index (χ2n) is 4.77. The van der Waals surface area contributed by atoms with Gasteiger partial charge >= 0.3 is 0 Å². The molecule has 0 fully saturated rings. The van der Waals surface area contributed by atoms with Gasteiger partial charge in [-0.05, 0) is 25.5 Å². The fraction of sp³-hybridized carbons (Fsp3) is 0.250. The fourth-order valence-electron chi connectivity index (χ4n) is 2.22. The van der Waals surface area contributed by atoms with Crippen LogP contribution in [0.5, 0.6) is 0 Å². The van der Waals surface area contributed by atoms with Gasteiger partial charge in [-0.2, -0.15) is 0 Å². The van der Waals surface area contributed by atoms with Gasteiger partial charge in [0.25, 0.3) is 0 Å². The lowest BCUT2D eigenvalue weighted by Crippen LogP contribution is -2.05. The highest BCUT2D eigenvalue weighted by Gasteiger charge is 2.13. The van der Waals surface area contributed by atoms with E-state index in [4.69, 9.17) is 4.42 Å². The molecule has 3 aromatic rings. The maximum atomic E-state index is 5.88. The van der Waals surface area contributed by atoms with Crippen molar-refractivity contribution < 1.29 is 4.42 Å². The lowest BCUT2D eigenvalue weighted by molar-refractivity contribution is 0.627. The van der Waals surface area contributed by atoms with Crippen LogP contribution in [0, 0.1) is 6.92 Å². The predicted molar refractivity (Wildman–Crippen MR) is 80.8 cm³/mol. The van der Waals surface area contributed by atoms with Crippen molar-refractivity contribution in [3.63, 3.8) is 0 Å². The first kappa shape index (κ1) is 12.7. The monoisotopic (exact) mass is 267 g/mol. The van der Waals surface area contributed by atoms with Crippen LogP contribution in [0.25, 0.3) is 22.4 Å². The van der Waals surface area contributed by atoms with Gasteiger partial charge in [0.15, 0.2) is 5.76 Å². The number of furan rings is 1. The molecule has 4 nitrogen and oxygen atoms in total. The summed E-state index contributed by atoms with van der Waals surface area (Å²) in [6.45, 7) is 5.04. The lowest BCUT2D eigenvalue weighted by atomic mass is 10.1. The zero-order valence-electron chi connectivity index (χ0n) is 11.7. The highest BCUT2D eigenvalue weighted by Crippen LogP contribution is 2.30. The topological polar surface area (TPSA) is 51.0 Å². The van der Waals surface area contributed by atoms with Gasteiger partial charge in [0.05, 0.1) is 0 Å². The van der Waals surface area contributed by atoms with E-state index in [-0.39, 0.29) is 0 Å². The molecule has 0 amide bonds. The zero-order valence-corrected chi connectivity index (χ0v) is 11.7. The first-order chi connectivity index (χ1) is 9.79. The standard InChI is InChI=1S/C16H17N3O/c1-3-8-17-16-11(2)15(18-10-19-16)14-9-12-6-4-5-7-13(12)20-14/h4-7,9-10H,3,8H2,1-2H3,(H,17,18,19). The SMILES string of the molecule is CCCNc1ncnc(-c2cc3ccccc3o2)c1C. The molecule has 2 aromatic heterocycles. The Balaban J connectivity index is 2.04. The second-order valence-corrected chi connectivity index (χ2v) is 4.77. The van der Waals surface area contributed by atoms with Crippen LogP contribution >= 0.6 is 0 Å². The van der Waals surface area contributed by atoms with E-state index in [1.807, 2.05) is 37.3 Å². The Morgan fingerprint density at radius 1 is 1.20 bits per heavy atom. The zero-order chi connectivity index (χ0) is 13.9. The normalized spacial score (nSPS) is 10.9. The molecule has 102 valence electrons. The number of hydrogen-bond acceptors (Lipinski definition) is 4. The van der Waals surface area contributed by atoms with Crippen LogP contribution in [-0.2, 0) is 0 Å². The Morgan fingerprint density at radius 2 is 2.05 bits per heavy atom. The average Bonchev–Trinajstić information content (AvgIpc) is 2.90. The first-order valence-corrected chi connectivity index (χ1v) is 6.84. The van der Waals surface area contributed by atoms with Crippen molar-refractivity contribution in [1.82, 2.24) is 9.97 Å². The largest absolute Gasteiger partial charge is 0.454 e. The molecule has 0 unspecified atom stereocenters. The minimum Gasteiger partial charge on any atom is -0.454 e. The number of benzene rings is 1. The van der Waals surface area contributed by atoms with Crippen molar-refractivity contribution in [3.05, 3.63) is 42.2 Å². The summed E-state index contributed by atoms with van der Waals surface area (Å²) in [6, 6.07) is 9.99. The molecule has 0 saturated heterocycles. The molecule has 1 N–H and O–H groups in total. The lowest BCUT2D eigenvalue weighted by Gasteiger charge is -2.09. The molecule has 3 rings (SSSR count). The predicted octanol–water partition coefficient (Wildman–Crippen LogP) is 4.02. The number of anilines is 1. The molecule has 4 heteroatoms. The highest BCUT2D eigenvalue weighted by atomic mass is 16.3. The molecule has 0 spiro atoms. The number of aromatic nitrogens is 2. The number of nitrogens with zero attached hydrogens (tertiary/aromatic N) is 2. The van der Waals surface area contributed by atoms with Gasteiger partial charge in [-0.25, -0.2) is 9.97 Å². The number of para-hydroxylation sites is 1. The summed E-state index contributed by atoms with van der Waals surface area (Å²) >= 11 is 0. The Morgan fingerprint density at radius 3 is 2.85 bits per heavy atom. The third-order valence-corrected chi connectivity index (χ3v) is 3.29. The Hall–Kier alpha value is -2.36. The van der Waals surface area contributed by atoms with Crippen LogP contribution in [0.2, 0.25) is 0 Å². The third kappa shape index (κ3) is 2.25. The summed E-state index contributed by atoms with van der Waals surface area (Å²) in [5.74, 6) is 1.66. The quantitative estimate of drug-likeness (QED) is 0.775. The van der Waals surface area contributed by atoms with Crippen LogP contribution in [0.15, 0.2) is 41.1 Å². The molecule has 2 heterocycles. The van der Waals surface area contributed by atoms with Crippen LogP contribution in [0.1, 0.15) is 18.9 Å². The van der Waals surface area contributed by atoms with Gasteiger partial charge in [-0.15, -0.1) is 0 Å². The van der Waals surface area contributed by atoms with E-state index in [1.54, 1.807) is 6.33 Å². The smallest absolute Gasteiger partial charge is 0.154 e. The summed E-state index contributed by atoms with van der Waals surface area (Å²) in [5.41, 5.74) is 2.73. The van der Waals surface area contributed by atoms with E-state index in [1.165, 1.54) is 0 Å². The van der Waals surface area contributed by atoms with Crippen molar-refractivity contribution in [1.29, 1.82) is 0 Å². The van der Waals surface area contributed by atoms with Gasteiger partial charge in [0.2, 0.25) is 0 Å². The van der Waals surface area contributed by atoms with Crippen LogP contribution in [0.3, 0.4) is 0 Å². The van der Waals surface area contributed by atoms with Gasteiger partial charge < -0.3 is 9.73 Å². The molecule has 0 saturated carbocycles. The van der Waals surface area contributed by atoms with E-state index in [9.17, 15) is 0 Å². The van der Waals surface area contributed by atoms with E-state index in [0.29, 0.717) is 0 Å². The maximum Gasteiger partial charge on any atom is 0.154 e. The Bertz CT molecular complexity index is 700. The third-order valence-electron chi connectivity index (χ3n) is 3.29. The molecule has 0 aliphatic heterocycles. The molecule has 0 bridgehead atoms. The molecule has 0 atom stereocenters. The van der Waals surface area contributed by atoms with Crippen LogP contribution in [0.4, 0.5) is 5.82 Å². The van der Waals surface area contributed by atoms with Crippen LogP contribution in [-0.4, -0.2) is 16.5 Å². The fourth-order valence-corrected chi connectivity index (χ4v) is 2.22. The van der Waals surface area contributed by atoms with Crippen molar-refractivity contribution >= 4 is 16.8 Å². The Kier molecular flexibility index (Phi) is 3.37. The first-order valence-electron chi connectivity index (χ1n) is 6.84. The van der Waals surface area contributed by atoms with Gasteiger partial charge in [-0.3, -0.25) is 0 Å². The number of fused-ring (bicyclic) bond motifs is 1. The van der Waals surface area contributed by atoms with Gasteiger partial charge in [0.1, 0.15) is 23.4 Å². The molecule has 0 radical (unpaired) electrons. The minimum atomic E-state index is 0.783. The molecular formula is C16H17N3O. The molecule has 0 aliphatic carbocycles. The average molecular weight is 267 g/mol. The van der Waals surface area contributed by atoms with Gasteiger partial charge in [-0.1, -0.05) is 25.1 Å². The molecule has 1 aromatic carbocycles. The summed E-state index contributed by atoms with van der Waals surface area (Å²) < 4.78 is 5.88. The van der Waals surface area contributed by atoms with Crippen molar-refractivity contribution in [2.24, 2.45) is 0 Å². The molecule has 0 aliphatic rings. The van der Waals surface area contributed by atoms with Crippen molar-refractivity contribution in [3.8, 4) is 11.5 Å². The molecular weight excluding hydrogens is 250 g/mol. The second kappa shape index (κ2) is 5.33. The highest BCUT2D eigenvalue weighted by molar-refractivity contribution is 5.83. The van der Waals surface area contributed by atoms with E-state index < -0.39 is 0 Å². The summed E-state index contributed by atoms with van der Waals surface area (Å²) in [4.78, 5) is 8.66. The van der Waals surface area contributed by atoms with Crippen LogP contribution < -0.4 is 5.32 Å². The summed E-state index contributed by atoms with van der Waals surface area (Å²) in [5, 5.41) is 4.40. The number of hydrogen-bond donors (Lipinski definition) is 1. The van der Waals surface area contributed by atoms with Crippen molar-refractivity contribution in [2.75, 3.05) is 11.9 Å². The van der Waals surface area contributed by atoms with E-state index in [0.717, 1.165) is 46.8 Å². The maximum absolute atomic E-state index is 5.88. The summed E-state index contributed by atoms with van der Waals surface area (Å²) in [6.07, 6.45) is 2.64. The minimum absolute atomic E-state index is 0.783. The van der Waals surface area contributed by atoms with Crippen molar-refractivity contribution in [2.45, 2.75) is 20.3 Å². The Labute approximate surface area is 117 Å². The molecule has 20 heavy (non-hydrogen) atoms.